The van der Waals surface area contributed by atoms with Crippen molar-refractivity contribution in [2.75, 3.05) is 26.2 Å². The van der Waals surface area contributed by atoms with Gasteiger partial charge in [0, 0.05) is 19.6 Å². The third kappa shape index (κ3) is 4.94. The summed E-state index contributed by atoms with van der Waals surface area (Å²) in [5.41, 5.74) is 0. The zero-order valence-electron chi connectivity index (χ0n) is 13.5. The molecule has 24 heavy (non-hydrogen) atoms. The molecule has 1 fully saturated rings. The predicted octanol–water partition coefficient (Wildman–Crippen LogP) is 2.72. The number of para-hydroxylation sites is 1. The van der Waals surface area contributed by atoms with Gasteiger partial charge in [-0.1, -0.05) is 18.2 Å². The predicted molar refractivity (Wildman–Crippen MR) is 89.8 cm³/mol. The van der Waals surface area contributed by atoms with Gasteiger partial charge in [0.1, 0.15) is 36.1 Å². The molecule has 4 nitrogen and oxygen atoms in total. The van der Waals surface area contributed by atoms with Crippen molar-refractivity contribution in [3.05, 3.63) is 60.4 Å². The molecule has 2 aromatic rings. The molecular formula is C19H22FNO3. The third-order valence-corrected chi connectivity index (χ3v) is 4.00. The van der Waals surface area contributed by atoms with E-state index >= 15 is 0 Å². The second-order valence-electron chi connectivity index (χ2n) is 6.02. The summed E-state index contributed by atoms with van der Waals surface area (Å²) in [6.45, 7) is 2.44. The lowest BCUT2D eigenvalue weighted by Gasteiger charge is -2.20. The maximum atomic E-state index is 12.9. The van der Waals surface area contributed by atoms with Gasteiger partial charge in [-0.2, -0.15) is 0 Å². The Kier molecular flexibility index (Phi) is 5.67. The second-order valence-corrected chi connectivity index (χ2v) is 6.02. The van der Waals surface area contributed by atoms with E-state index in [-0.39, 0.29) is 18.5 Å². The number of hydrogen-bond acceptors (Lipinski definition) is 4. The Morgan fingerprint density at radius 2 is 1.83 bits per heavy atom. The van der Waals surface area contributed by atoms with Crippen LogP contribution in [-0.4, -0.2) is 48.5 Å². The SMILES string of the molecule is OC(COc1ccccc1)CN1CCC(Oc2ccc(F)cc2)C1. The standard InChI is InChI=1S/C19H22FNO3/c20-15-6-8-18(9-7-15)24-19-10-11-21(13-19)12-16(22)14-23-17-4-2-1-3-5-17/h1-9,16,19,22H,10-14H2. The molecule has 0 bridgehead atoms. The lowest BCUT2D eigenvalue weighted by atomic mass is 10.3. The van der Waals surface area contributed by atoms with E-state index in [1.807, 2.05) is 30.3 Å². The molecule has 1 aliphatic rings. The van der Waals surface area contributed by atoms with Crippen molar-refractivity contribution in [1.29, 1.82) is 0 Å². The number of likely N-dealkylation sites (tertiary alicyclic amines) is 1. The monoisotopic (exact) mass is 331 g/mol. The normalized spacial score (nSPS) is 19.2. The van der Waals surface area contributed by atoms with Gasteiger partial charge in [-0.25, -0.2) is 4.39 Å². The first-order valence-electron chi connectivity index (χ1n) is 8.19. The molecule has 1 saturated heterocycles. The molecule has 0 amide bonds. The number of benzene rings is 2. The summed E-state index contributed by atoms with van der Waals surface area (Å²) in [5.74, 6) is 1.17. The van der Waals surface area contributed by atoms with Crippen LogP contribution in [0.3, 0.4) is 0 Å². The topological polar surface area (TPSA) is 41.9 Å². The molecule has 128 valence electrons. The molecule has 2 aromatic carbocycles. The van der Waals surface area contributed by atoms with Crippen molar-refractivity contribution >= 4 is 0 Å². The van der Waals surface area contributed by atoms with Crippen molar-refractivity contribution in [3.8, 4) is 11.5 Å². The minimum Gasteiger partial charge on any atom is -0.491 e. The molecule has 2 unspecified atom stereocenters. The number of rotatable bonds is 7. The zero-order chi connectivity index (χ0) is 16.8. The number of aliphatic hydroxyl groups excluding tert-OH is 1. The summed E-state index contributed by atoms with van der Waals surface area (Å²) in [6.07, 6.45) is 0.413. The summed E-state index contributed by atoms with van der Waals surface area (Å²) < 4.78 is 24.3. The van der Waals surface area contributed by atoms with E-state index in [1.165, 1.54) is 12.1 Å². The Labute approximate surface area is 141 Å². The Morgan fingerprint density at radius 1 is 1.08 bits per heavy atom. The van der Waals surface area contributed by atoms with Gasteiger partial charge < -0.3 is 14.6 Å². The van der Waals surface area contributed by atoms with Crippen LogP contribution in [0, 0.1) is 5.82 Å². The Morgan fingerprint density at radius 3 is 2.58 bits per heavy atom. The average molecular weight is 331 g/mol. The molecule has 0 radical (unpaired) electrons. The Hall–Kier alpha value is -2.11. The maximum Gasteiger partial charge on any atom is 0.123 e. The summed E-state index contributed by atoms with van der Waals surface area (Å²) in [4.78, 5) is 2.16. The molecule has 1 N–H and O–H groups in total. The van der Waals surface area contributed by atoms with Gasteiger partial charge in [-0.15, -0.1) is 0 Å². The van der Waals surface area contributed by atoms with Crippen LogP contribution in [0.1, 0.15) is 6.42 Å². The van der Waals surface area contributed by atoms with Gasteiger partial charge in [0.25, 0.3) is 0 Å². The number of β-amino-alcohol motifs (C(OH)–C–C–N with tert-alkyl or cyclic N) is 1. The van der Waals surface area contributed by atoms with E-state index in [0.29, 0.717) is 12.3 Å². The van der Waals surface area contributed by atoms with Gasteiger partial charge in [0.15, 0.2) is 0 Å². The van der Waals surface area contributed by atoms with E-state index in [2.05, 4.69) is 4.90 Å². The summed E-state index contributed by atoms with van der Waals surface area (Å²) in [5, 5.41) is 10.1. The summed E-state index contributed by atoms with van der Waals surface area (Å²) in [6, 6.07) is 15.5. The fraction of sp³-hybridized carbons (Fsp3) is 0.368. The van der Waals surface area contributed by atoms with Crippen LogP contribution >= 0.6 is 0 Å². The first-order valence-corrected chi connectivity index (χ1v) is 8.19. The highest BCUT2D eigenvalue weighted by molar-refractivity contribution is 5.22. The summed E-state index contributed by atoms with van der Waals surface area (Å²) >= 11 is 0. The van der Waals surface area contributed by atoms with E-state index in [1.54, 1.807) is 12.1 Å². The van der Waals surface area contributed by atoms with Crippen molar-refractivity contribution < 1.29 is 19.0 Å². The number of aliphatic hydroxyl groups is 1. The van der Waals surface area contributed by atoms with E-state index in [0.717, 1.165) is 25.3 Å². The van der Waals surface area contributed by atoms with Crippen LogP contribution in [0.5, 0.6) is 11.5 Å². The molecule has 0 aliphatic carbocycles. The van der Waals surface area contributed by atoms with Crippen LogP contribution in [0.15, 0.2) is 54.6 Å². The van der Waals surface area contributed by atoms with Gasteiger partial charge >= 0.3 is 0 Å². The number of hydrogen-bond donors (Lipinski definition) is 1. The second kappa shape index (κ2) is 8.13. The molecule has 1 aliphatic heterocycles. The fourth-order valence-electron chi connectivity index (χ4n) is 2.82. The Bertz CT molecular complexity index is 620. The third-order valence-electron chi connectivity index (χ3n) is 4.00. The first kappa shape index (κ1) is 16.7. The molecule has 1 heterocycles. The van der Waals surface area contributed by atoms with Crippen molar-refractivity contribution in [3.63, 3.8) is 0 Å². The molecule has 2 atom stereocenters. The molecule has 0 aromatic heterocycles. The minimum atomic E-state index is -0.547. The molecular weight excluding hydrogens is 309 g/mol. The van der Waals surface area contributed by atoms with Gasteiger partial charge in [0.2, 0.25) is 0 Å². The van der Waals surface area contributed by atoms with Crippen LogP contribution < -0.4 is 9.47 Å². The molecule has 0 spiro atoms. The summed E-state index contributed by atoms with van der Waals surface area (Å²) in [7, 11) is 0. The van der Waals surface area contributed by atoms with E-state index < -0.39 is 6.10 Å². The molecule has 0 saturated carbocycles. The van der Waals surface area contributed by atoms with E-state index in [4.69, 9.17) is 9.47 Å². The minimum absolute atomic E-state index is 0.0673. The quantitative estimate of drug-likeness (QED) is 0.847. The number of nitrogens with zero attached hydrogens (tertiary/aromatic N) is 1. The molecule has 3 rings (SSSR count). The van der Waals surface area contributed by atoms with Gasteiger partial charge in [0.05, 0.1) is 0 Å². The Balaban J connectivity index is 1.40. The van der Waals surface area contributed by atoms with Crippen LogP contribution in [0.25, 0.3) is 0 Å². The maximum absolute atomic E-state index is 12.9. The van der Waals surface area contributed by atoms with Crippen LogP contribution in [-0.2, 0) is 0 Å². The van der Waals surface area contributed by atoms with Crippen molar-refractivity contribution in [2.24, 2.45) is 0 Å². The van der Waals surface area contributed by atoms with Gasteiger partial charge in [-0.3, -0.25) is 4.90 Å². The number of halogens is 1. The van der Waals surface area contributed by atoms with Gasteiger partial charge in [-0.05, 0) is 42.8 Å². The van der Waals surface area contributed by atoms with Crippen molar-refractivity contribution in [1.82, 2.24) is 4.90 Å². The highest BCUT2D eigenvalue weighted by Gasteiger charge is 2.25. The largest absolute Gasteiger partial charge is 0.491 e. The highest BCUT2D eigenvalue weighted by atomic mass is 19.1. The number of ether oxygens (including phenoxy) is 2. The van der Waals surface area contributed by atoms with Crippen LogP contribution in [0.4, 0.5) is 4.39 Å². The highest BCUT2D eigenvalue weighted by Crippen LogP contribution is 2.19. The lowest BCUT2D eigenvalue weighted by molar-refractivity contribution is 0.0720. The smallest absolute Gasteiger partial charge is 0.123 e. The van der Waals surface area contributed by atoms with E-state index in [9.17, 15) is 9.50 Å². The average Bonchev–Trinajstić information content (AvgIpc) is 3.03. The first-order chi connectivity index (χ1) is 11.7. The van der Waals surface area contributed by atoms with Crippen LogP contribution in [0.2, 0.25) is 0 Å². The lowest BCUT2D eigenvalue weighted by Crippen LogP contribution is -2.35. The van der Waals surface area contributed by atoms with Crippen molar-refractivity contribution in [2.45, 2.75) is 18.6 Å². The fourth-order valence-corrected chi connectivity index (χ4v) is 2.82. The zero-order valence-corrected chi connectivity index (χ0v) is 13.5. The molecule has 5 heteroatoms.